The molecule has 4 nitrogen and oxygen atoms in total. The summed E-state index contributed by atoms with van der Waals surface area (Å²) in [6.07, 6.45) is 5.16. The predicted molar refractivity (Wildman–Crippen MR) is 98.1 cm³/mol. The first kappa shape index (κ1) is 17.2. The number of hydrogen-bond acceptors (Lipinski definition) is 3. The first-order chi connectivity index (χ1) is 12.6. The number of nitrogens with zero attached hydrogens (tertiary/aromatic N) is 3. The van der Waals surface area contributed by atoms with Crippen LogP contribution in [0.2, 0.25) is 0 Å². The molecule has 1 amide bonds. The van der Waals surface area contributed by atoms with E-state index in [1.54, 1.807) is 12.1 Å². The van der Waals surface area contributed by atoms with Crippen molar-refractivity contribution in [3.8, 4) is 0 Å². The molecule has 2 aliphatic rings. The normalized spacial score (nSPS) is 23.5. The molecule has 4 rings (SSSR count). The molecule has 0 bridgehead atoms. The molecule has 1 spiro atoms. The molecule has 0 radical (unpaired) electrons. The van der Waals surface area contributed by atoms with E-state index in [1.165, 1.54) is 12.1 Å². The van der Waals surface area contributed by atoms with E-state index in [9.17, 15) is 9.18 Å². The fourth-order valence-corrected chi connectivity index (χ4v) is 4.41. The molecule has 1 atom stereocenters. The van der Waals surface area contributed by atoms with Gasteiger partial charge >= 0.3 is 0 Å². The number of pyridine rings is 1. The maximum Gasteiger partial charge on any atom is 0.253 e. The Morgan fingerprint density at radius 3 is 2.85 bits per heavy atom. The fraction of sp³-hybridized carbons (Fsp3) is 0.429. The summed E-state index contributed by atoms with van der Waals surface area (Å²) < 4.78 is 13.4. The van der Waals surface area contributed by atoms with E-state index >= 15 is 0 Å². The van der Waals surface area contributed by atoms with Gasteiger partial charge in [0.15, 0.2) is 0 Å². The Morgan fingerprint density at radius 1 is 1.12 bits per heavy atom. The third kappa shape index (κ3) is 3.63. The van der Waals surface area contributed by atoms with Crippen LogP contribution in [0.15, 0.2) is 48.7 Å². The molecule has 26 heavy (non-hydrogen) atoms. The average molecular weight is 353 g/mol. The van der Waals surface area contributed by atoms with Gasteiger partial charge in [-0.25, -0.2) is 4.39 Å². The van der Waals surface area contributed by atoms with Crippen LogP contribution in [0.4, 0.5) is 4.39 Å². The van der Waals surface area contributed by atoms with Crippen LogP contribution in [-0.4, -0.2) is 46.9 Å². The molecule has 2 saturated heterocycles. The Bertz CT molecular complexity index is 782. The summed E-state index contributed by atoms with van der Waals surface area (Å²) in [6.45, 7) is 4.46. The van der Waals surface area contributed by atoms with Gasteiger partial charge in [0.05, 0.1) is 5.69 Å². The maximum absolute atomic E-state index is 13.4. The highest BCUT2D eigenvalue weighted by molar-refractivity contribution is 5.94. The number of likely N-dealkylation sites (tertiary alicyclic amines) is 2. The van der Waals surface area contributed by atoms with Crippen LogP contribution in [-0.2, 0) is 6.54 Å². The minimum absolute atomic E-state index is 0.0526. The zero-order valence-electron chi connectivity index (χ0n) is 14.9. The summed E-state index contributed by atoms with van der Waals surface area (Å²) in [5.74, 6) is -0.410. The van der Waals surface area contributed by atoms with Gasteiger partial charge in [-0.15, -0.1) is 0 Å². The number of aromatic nitrogens is 1. The highest BCUT2D eigenvalue weighted by Crippen LogP contribution is 2.39. The third-order valence-corrected chi connectivity index (χ3v) is 5.65. The molecular formula is C21H24FN3O. The Labute approximate surface area is 153 Å². The second kappa shape index (κ2) is 7.16. The van der Waals surface area contributed by atoms with Crippen LogP contribution >= 0.6 is 0 Å². The van der Waals surface area contributed by atoms with Gasteiger partial charge in [0, 0.05) is 43.4 Å². The molecule has 1 aromatic heterocycles. The van der Waals surface area contributed by atoms with Gasteiger partial charge in [0.2, 0.25) is 0 Å². The van der Waals surface area contributed by atoms with Crippen LogP contribution in [0.1, 0.15) is 35.3 Å². The molecule has 0 aliphatic carbocycles. The molecular weight excluding hydrogens is 329 g/mol. The fourth-order valence-electron chi connectivity index (χ4n) is 4.41. The van der Waals surface area contributed by atoms with Crippen molar-refractivity contribution in [2.45, 2.75) is 25.8 Å². The Balaban J connectivity index is 1.42. The standard InChI is InChI=1S/C21H24FN3O/c22-18-6-3-5-17(13-18)20(26)25-12-9-21(16-25)8-4-11-24(15-21)14-19-7-1-2-10-23-19/h1-3,5-7,10,13H,4,8-9,11-12,14-16H2. The van der Waals surface area contributed by atoms with Gasteiger partial charge in [-0.3, -0.25) is 14.7 Å². The number of carbonyl (C=O) groups is 1. The second-order valence-electron chi connectivity index (χ2n) is 7.62. The molecule has 2 aliphatic heterocycles. The van der Waals surface area contributed by atoms with Crippen molar-refractivity contribution < 1.29 is 9.18 Å². The van der Waals surface area contributed by atoms with E-state index < -0.39 is 0 Å². The van der Waals surface area contributed by atoms with E-state index in [-0.39, 0.29) is 17.1 Å². The van der Waals surface area contributed by atoms with Crippen LogP contribution in [0.3, 0.4) is 0 Å². The second-order valence-corrected chi connectivity index (χ2v) is 7.62. The largest absolute Gasteiger partial charge is 0.338 e. The first-order valence-corrected chi connectivity index (χ1v) is 9.31. The summed E-state index contributed by atoms with van der Waals surface area (Å²) >= 11 is 0. The van der Waals surface area contributed by atoms with Crippen molar-refractivity contribution in [2.75, 3.05) is 26.2 Å². The molecule has 136 valence electrons. The van der Waals surface area contributed by atoms with Crippen molar-refractivity contribution >= 4 is 5.91 Å². The van der Waals surface area contributed by atoms with Gasteiger partial charge in [0.25, 0.3) is 5.91 Å². The number of carbonyl (C=O) groups excluding carboxylic acids is 1. The smallest absolute Gasteiger partial charge is 0.253 e. The van der Waals surface area contributed by atoms with Gasteiger partial charge in [-0.05, 0) is 56.1 Å². The number of hydrogen-bond donors (Lipinski definition) is 0. The number of amides is 1. The molecule has 0 saturated carbocycles. The lowest BCUT2D eigenvalue weighted by Gasteiger charge is -2.40. The van der Waals surface area contributed by atoms with Crippen LogP contribution in [0, 0.1) is 11.2 Å². The summed E-state index contributed by atoms with van der Waals surface area (Å²) in [4.78, 5) is 21.5. The van der Waals surface area contributed by atoms with Gasteiger partial charge in [-0.1, -0.05) is 12.1 Å². The topological polar surface area (TPSA) is 36.4 Å². The monoisotopic (exact) mass is 353 g/mol. The molecule has 2 fully saturated rings. The van der Waals surface area contributed by atoms with E-state index in [2.05, 4.69) is 16.0 Å². The Hall–Kier alpha value is -2.27. The van der Waals surface area contributed by atoms with Crippen molar-refractivity contribution in [1.82, 2.24) is 14.8 Å². The molecule has 5 heteroatoms. The van der Waals surface area contributed by atoms with Crippen molar-refractivity contribution in [3.63, 3.8) is 0 Å². The average Bonchev–Trinajstić information content (AvgIpc) is 3.05. The van der Waals surface area contributed by atoms with E-state index in [4.69, 9.17) is 0 Å². The minimum atomic E-state index is -0.357. The third-order valence-electron chi connectivity index (χ3n) is 5.65. The molecule has 2 aromatic rings. The van der Waals surface area contributed by atoms with Gasteiger partial charge in [-0.2, -0.15) is 0 Å². The number of halogens is 1. The number of piperidine rings is 1. The van der Waals surface area contributed by atoms with E-state index in [1.807, 2.05) is 23.2 Å². The van der Waals surface area contributed by atoms with Crippen molar-refractivity contribution in [3.05, 3.63) is 65.7 Å². The number of benzene rings is 1. The van der Waals surface area contributed by atoms with Gasteiger partial charge in [0.1, 0.15) is 5.82 Å². The summed E-state index contributed by atoms with van der Waals surface area (Å²) in [7, 11) is 0. The van der Waals surface area contributed by atoms with Crippen LogP contribution in [0.25, 0.3) is 0 Å². The molecule has 3 heterocycles. The van der Waals surface area contributed by atoms with Crippen molar-refractivity contribution in [1.29, 1.82) is 0 Å². The molecule has 1 unspecified atom stereocenters. The number of rotatable bonds is 3. The lowest BCUT2D eigenvalue weighted by atomic mass is 9.79. The van der Waals surface area contributed by atoms with E-state index in [0.717, 1.165) is 57.7 Å². The zero-order chi connectivity index (χ0) is 18.0. The van der Waals surface area contributed by atoms with Crippen molar-refractivity contribution in [2.24, 2.45) is 5.41 Å². The Kier molecular flexibility index (Phi) is 4.72. The highest BCUT2D eigenvalue weighted by Gasteiger charge is 2.42. The lowest BCUT2D eigenvalue weighted by molar-refractivity contribution is 0.0672. The van der Waals surface area contributed by atoms with Crippen LogP contribution < -0.4 is 0 Å². The van der Waals surface area contributed by atoms with E-state index in [0.29, 0.717) is 5.56 Å². The van der Waals surface area contributed by atoms with Crippen LogP contribution in [0.5, 0.6) is 0 Å². The van der Waals surface area contributed by atoms with Gasteiger partial charge < -0.3 is 4.90 Å². The molecule has 0 N–H and O–H groups in total. The Morgan fingerprint density at radius 2 is 2.04 bits per heavy atom. The minimum Gasteiger partial charge on any atom is -0.338 e. The summed E-state index contributed by atoms with van der Waals surface area (Å²) in [5, 5.41) is 0. The summed E-state index contributed by atoms with van der Waals surface area (Å²) in [5.41, 5.74) is 1.70. The summed E-state index contributed by atoms with van der Waals surface area (Å²) in [6, 6.07) is 12.0. The highest BCUT2D eigenvalue weighted by atomic mass is 19.1. The predicted octanol–water partition coefficient (Wildman–Crippen LogP) is 3.35. The zero-order valence-corrected chi connectivity index (χ0v) is 14.9. The lowest BCUT2D eigenvalue weighted by Crippen LogP contribution is -2.45. The molecule has 1 aromatic carbocycles. The maximum atomic E-state index is 13.4. The SMILES string of the molecule is O=C(c1cccc(F)c1)N1CCC2(CCCN(Cc3ccccn3)C2)C1. The quantitative estimate of drug-likeness (QED) is 0.849. The first-order valence-electron chi connectivity index (χ1n) is 9.31.